The van der Waals surface area contributed by atoms with Crippen LogP contribution < -0.4 is 10.2 Å². The van der Waals surface area contributed by atoms with Crippen molar-refractivity contribution < 1.29 is 9.59 Å². The summed E-state index contributed by atoms with van der Waals surface area (Å²) in [6.45, 7) is 0.913. The first-order valence-corrected chi connectivity index (χ1v) is 8.41. The zero-order valence-electron chi connectivity index (χ0n) is 13.3. The molecule has 3 rings (SSSR count). The maximum atomic E-state index is 12.2. The highest BCUT2D eigenvalue weighted by Crippen LogP contribution is 2.26. The number of hydrogen-bond acceptors (Lipinski definition) is 2. The lowest BCUT2D eigenvalue weighted by molar-refractivity contribution is -0.121. The molecule has 1 heterocycles. The molecule has 4 nitrogen and oxygen atoms in total. The molecule has 0 spiro atoms. The van der Waals surface area contributed by atoms with Crippen molar-refractivity contribution in [1.29, 1.82) is 0 Å². The smallest absolute Gasteiger partial charge is 0.227 e. The Morgan fingerprint density at radius 3 is 2.79 bits per heavy atom. The number of nitrogens with zero attached hydrogens (tertiary/aromatic N) is 1. The van der Waals surface area contributed by atoms with Crippen LogP contribution in [-0.2, 0) is 22.4 Å². The Morgan fingerprint density at radius 2 is 1.96 bits per heavy atom. The molecule has 0 radical (unpaired) electrons. The van der Waals surface area contributed by atoms with E-state index in [1.165, 1.54) is 5.56 Å². The third-order valence-electron chi connectivity index (χ3n) is 4.10. The highest BCUT2D eigenvalue weighted by Gasteiger charge is 2.23. The molecule has 1 N–H and O–H groups in total. The molecule has 0 saturated carbocycles. The zero-order valence-corrected chi connectivity index (χ0v) is 14.1. The van der Waals surface area contributed by atoms with Crippen LogP contribution in [0.2, 0.25) is 5.02 Å². The van der Waals surface area contributed by atoms with Crippen molar-refractivity contribution in [3.63, 3.8) is 0 Å². The van der Waals surface area contributed by atoms with Gasteiger partial charge >= 0.3 is 0 Å². The first kappa shape index (κ1) is 16.5. The van der Waals surface area contributed by atoms with Gasteiger partial charge in [0.15, 0.2) is 0 Å². The van der Waals surface area contributed by atoms with Gasteiger partial charge in [-0.25, -0.2) is 0 Å². The van der Waals surface area contributed by atoms with Crippen LogP contribution in [0.15, 0.2) is 48.5 Å². The molecular weight excluding hydrogens is 324 g/mol. The van der Waals surface area contributed by atoms with Crippen LogP contribution in [0.25, 0.3) is 0 Å². The quantitative estimate of drug-likeness (QED) is 0.908. The molecule has 1 aliphatic rings. The number of aryl methyl sites for hydroxylation is 1. The number of fused-ring (bicyclic) bond motifs is 1. The lowest BCUT2D eigenvalue weighted by Gasteiger charge is -2.29. The SMILES string of the molecule is O=C(Cc1cccc(Cl)c1)NCCN1C(=O)CCc2ccccc21. The third kappa shape index (κ3) is 3.95. The number of nitrogens with one attached hydrogen (secondary N) is 1. The van der Waals surface area contributed by atoms with E-state index in [2.05, 4.69) is 5.32 Å². The summed E-state index contributed by atoms with van der Waals surface area (Å²) in [5.41, 5.74) is 3.01. The van der Waals surface area contributed by atoms with Crippen LogP contribution in [0, 0.1) is 0 Å². The Labute approximate surface area is 146 Å². The highest BCUT2D eigenvalue weighted by molar-refractivity contribution is 6.30. The second-order valence-corrected chi connectivity index (χ2v) is 6.27. The van der Waals surface area contributed by atoms with Gasteiger partial charge < -0.3 is 10.2 Å². The number of para-hydroxylation sites is 1. The van der Waals surface area contributed by atoms with Gasteiger partial charge in [0.05, 0.1) is 6.42 Å². The normalized spacial score (nSPS) is 13.5. The summed E-state index contributed by atoms with van der Waals surface area (Å²) in [6, 6.07) is 15.2. The van der Waals surface area contributed by atoms with Crippen LogP contribution in [0.4, 0.5) is 5.69 Å². The highest BCUT2D eigenvalue weighted by atomic mass is 35.5. The van der Waals surface area contributed by atoms with Gasteiger partial charge in [-0.2, -0.15) is 0 Å². The molecule has 0 fully saturated rings. The van der Waals surface area contributed by atoms with Gasteiger partial charge in [-0.1, -0.05) is 41.9 Å². The molecule has 0 aliphatic carbocycles. The minimum Gasteiger partial charge on any atom is -0.354 e. The number of halogens is 1. The second kappa shape index (κ2) is 7.49. The Kier molecular flexibility index (Phi) is 5.16. The van der Waals surface area contributed by atoms with Crippen molar-refractivity contribution in [3.05, 3.63) is 64.7 Å². The van der Waals surface area contributed by atoms with Crippen molar-refractivity contribution in [3.8, 4) is 0 Å². The number of carbonyl (C=O) groups excluding carboxylic acids is 2. The Hall–Kier alpha value is -2.33. The molecule has 0 unspecified atom stereocenters. The van der Waals surface area contributed by atoms with Gasteiger partial charge in [-0.15, -0.1) is 0 Å². The average molecular weight is 343 g/mol. The molecule has 2 aromatic rings. The summed E-state index contributed by atoms with van der Waals surface area (Å²) in [5, 5.41) is 3.49. The van der Waals surface area contributed by atoms with Crippen LogP contribution in [-0.4, -0.2) is 24.9 Å². The van der Waals surface area contributed by atoms with Crippen molar-refractivity contribution in [1.82, 2.24) is 5.32 Å². The summed E-state index contributed by atoms with van der Waals surface area (Å²) in [6.07, 6.45) is 1.59. The lowest BCUT2D eigenvalue weighted by Crippen LogP contribution is -2.41. The number of benzene rings is 2. The van der Waals surface area contributed by atoms with Crippen molar-refractivity contribution in [2.24, 2.45) is 0 Å². The van der Waals surface area contributed by atoms with E-state index in [-0.39, 0.29) is 18.2 Å². The summed E-state index contributed by atoms with van der Waals surface area (Å²) in [5.74, 6) is 0.0350. The number of anilines is 1. The van der Waals surface area contributed by atoms with Gasteiger partial charge in [0, 0.05) is 30.2 Å². The number of rotatable bonds is 5. The first-order valence-electron chi connectivity index (χ1n) is 8.03. The molecule has 5 heteroatoms. The van der Waals surface area contributed by atoms with Crippen molar-refractivity contribution in [2.75, 3.05) is 18.0 Å². The molecule has 0 aromatic heterocycles. The van der Waals surface area contributed by atoms with Crippen LogP contribution in [0.5, 0.6) is 0 Å². The topological polar surface area (TPSA) is 49.4 Å². The number of carbonyl (C=O) groups is 2. The Morgan fingerprint density at radius 1 is 1.12 bits per heavy atom. The molecule has 0 atom stereocenters. The fourth-order valence-electron chi connectivity index (χ4n) is 2.94. The van der Waals surface area contributed by atoms with E-state index in [1.807, 2.05) is 36.4 Å². The van der Waals surface area contributed by atoms with Crippen LogP contribution in [0.1, 0.15) is 17.5 Å². The van der Waals surface area contributed by atoms with Gasteiger partial charge in [0.2, 0.25) is 11.8 Å². The Bertz CT molecular complexity index is 761. The largest absolute Gasteiger partial charge is 0.354 e. The van der Waals surface area contributed by atoms with Gasteiger partial charge in [0.25, 0.3) is 0 Å². The summed E-state index contributed by atoms with van der Waals surface area (Å²) < 4.78 is 0. The summed E-state index contributed by atoms with van der Waals surface area (Å²) >= 11 is 5.92. The van der Waals surface area contributed by atoms with Crippen molar-refractivity contribution >= 4 is 29.1 Å². The molecule has 2 amide bonds. The second-order valence-electron chi connectivity index (χ2n) is 5.83. The monoisotopic (exact) mass is 342 g/mol. The standard InChI is InChI=1S/C19H19ClN2O2/c20-16-6-3-4-14(12-16)13-18(23)21-10-11-22-17-7-2-1-5-15(17)8-9-19(22)24/h1-7,12H,8-11,13H2,(H,21,23). The third-order valence-corrected chi connectivity index (χ3v) is 4.34. The lowest BCUT2D eigenvalue weighted by atomic mass is 10.0. The predicted molar refractivity (Wildman–Crippen MR) is 95.3 cm³/mol. The summed E-state index contributed by atoms with van der Waals surface area (Å²) in [4.78, 5) is 26.0. The van der Waals surface area contributed by atoms with E-state index in [4.69, 9.17) is 11.6 Å². The maximum Gasteiger partial charge on any atom is 0.227 e. The van der Waals surface area contributed by atoms with Gasteiger partial charge in [0.1, 0.15) is 0 Å². The van der Waals surface area contributed by atoms with E-state index in [1.54, 1.807) is 17.0 Å². The molecular formula is C19H19ClN2O2. The maximum absolute atomic E-state index is 12.2. The van der Waals surface area contributed by atoms with E-state index < -0.39 is 0 Å². The molecule has 2 aromatic carbocycles. The van der Waals surface area contributed by atoms with E-state index >= 15 is 0 Å². The van der Waals surface area contributed by atoms with E-state index in [0.29, 0.717) is 24.5 Å². The fraction of sp³-hybridized carbons (Fsp3) is 0.263. The van der Waals surface area contributed by atoms with E-state index in [9.17, 15) is 9.59 Å². The first-order chi connectivity index (χ1) is 11.6. The minimum absolute atomic E-state index is 0.0741. The minimum atomic E-state index is -0.0741. The molecule has 0 saturated heterocycles. The number of amides is 2. The molecule has 0 bridgehead atoms. The Balaban J connectivity index is 1.54. The van der Waals surface area contributed by atoms with Gasteiger partial charge in [-0.05, 0) is 35.7 Å². The van der Waals surface area contributed by atoms with Crippen LogP contribution in [0.3, 0.4) is 0 Å². The van der Waals surface area contributed by atoms with Gasteiger partial charge in [-0.3, -0.25) is 9.59 Å². The average Bonchev–Trinajstić information content (AvgIpc) is 2.57. The predicted octanol–water partition coefficient (Wildman–Crippen LogP) is 2.98. The molecule has 1 aliphatic heterocycles. The van der Waals surface area contributed by atoms with Crippen molar-refractivity contribution in [2.45, 2.75) is 19.3 Å². The van der Waals surface area contributed by atoms with Crippen LogP contribution >= 0.6 is 11.6 Å². The fourth-order valence-corrected chi connectivity index (χ4v) is 3.16. The summed E-state index contributed by atoms with van der Waals surface area (Å²) in [7, 11) is 0. The molecule has 124 valence electrons. The zero-order chi connectivity index (χ0) is 16.9. The van der Waals surface area contributed by atoms with E-state index in [0.717, 1.165) is 17.7 Å². The number of hydrogen-bond donors (Lipinski definition) is 1. The molecule has 24 heavy (non-hydrogen) atoms.